The Balaban J connectivity index is 2.28. The third-order valence-corrected chi connectivity index (χ3v) is 3.48. The predicted molar refractivity (Wildman–Crippen MR) is 79.6 cm³/mol. The molecular formula is C16H15ClN2. The van der Waals surface area contributed by atoms with Crippen molar-refractivity contribution < 1.29 is 0 Å². The fourth-order valence-corrected chi connectivity index (χ4v) is 2.53. The monoisotopic (exact) mass is 270 g/mol. The van der Waals surface area contributed by atoms with Gasteiger partial charge in [0, 0.05) is 11.8 Å². The zero-order valence-corrected chi connectivity index (χ0v) is 11.7. The second-order valence-electron chi connectivity index (χ2n) is 4.76. The molecule has 2 heterocycles. The lowest BCUT2D eigenvalue weighted by Gasteiger charge is -2.07. The average molecular weight is 271 g/mol. The van der Waals surface area contributed by atoms with Crippen molar-refractivity contribution >= 4 is 17.2 Å². The Morgan fingerprint density at radius 1 is 1.11 bits per heavy atom. The number of imidazole rings is 1. The van der Waals surface area contributed by atoms with E-state index in [0.717, 1.165) is 22.6 Å². The molecule has 0 fully saturated rings. The Labute approximate surface area is 117 Å². The molecule has 0 bridgehead atoms. The average Bonchev–Trinajstić information content (AvgIpc) is 2.78. The molecule has 2 aromatic heterocycles. The van der Waals surface area contributed by atoms with Crippen LogP contribution < -0.4 is 0 Å². The topological polar surface area (TPSA) is 17.3 Å². The normalized spacial score (nSPS) is 12.8. The highest BCUT2D eigenvalue weighted by Crippen LogP contribution is 2.31. The van der Waals surface area contributed by atoms with Crippen LogP contribution in [0.1, 0.15) is 23.6 Å². The summed E-state index contributed by atoms with van der Waals surface area (Å²) in [6, 6.07) is 14.4. The number of pyridine rings is 1. The summed E-state index contributed by atoms with van der Waals surface area (Å²) >= 11 is 6.35. The van der Waals surface area contributed by atoms with Crippen molar-refractivity contribution in [3.05, 3.63) is 59.9 Å². The van der Waals surface area contributed by atoms with Crippen molar-refractivity contribution in [2.75, 3.05) is 0 Å². The number of nitrogens with zero attached hydrogens (tertiary/aromatic N) is 2. The maximum Gasteiger partial charge on any atom is 0.137 e. The van der Waals surface area contributed by atoms with E-state index >= 15 is 0 Å². The van der Waals surface area contributed by atoms with E-state index in [0.29, 0.717) is 0 Å². The molecule has 0 saturated carbocycles. The van der Waals surface area contributed by atoms with E-state index in [1.165, 1.54) is 5.56 Å². The van der Waals surface area contributed by atoms with Gasteiger partial charge in [-0.3, -0.25) is 0 Å². The summed E-state index contributed by atoms with van der Waals surface area (Å²) in [5.41, 5.74) is 5.29. The van der Waals surface area contributed by atoms with Gasteiger partial charge in [-0.15, -0.1) is 11.6 Å². The van der Waals surface area contributed by atoms with Crippen molar-refractivity contribution in [3.8, 4) is 11.3 Å². The predicted octanol–water partition coefficient (Wildman–Crippen LogP) is 4.61. The Morgan fingerprint density at radius 3 is 2.53 bits per heavy atom. The Morgan fingerprint density at radius 2 is 1.84 bits per heavy atom. The molecule has 0 aliphatic rings. The minimum Gasteiger partial charge on any atom is -0.302 e. The summed E-state index contributed by atoms with van der Waals surface area (Å²) in [6.45, 7) is 4.06. The summed E-state index contributed by atoms with van der Waals surface area (Å²) in [7, 11) is 0. The highest BCUT2D eigenvalue weighted by Gasteiger charge is 2.17. The first-order chi connectivity index (χ1) is 9.16. The minimum absolute atomic E-state index is 0.0892. The van der Waals surface area contributed by atoms with Gasteiger partial charge < -0.3 is 4.40 Å². The molecule has 0 aliphatic heterocycles. The third-order valence-electron chi connectivity index (χ3n) is 3.27. The molecule has 0 N–H and O–H groups in total. The fraction of sp³-hybridized carbons (Fsp3) is 0.188. The molecule has 3 heteroatoms. The SMILES string of the molecule is Cc1ccc(-c2nc3ccccn3c2C(C)Cl)cc1. The lowest BCUT2D eigenvalue weighted by atomic mass is 10.1. The smallest absolute Gasteiger partial charge is 0.137 e. The second-order valence-corrected chi connectivity index (χ2v) is 5.41. The molecule has 96 valence electrons. The molecule has 0 aliphatic carbocycles. The van der Waals surface area contributed by atoms with Crippen LogP contribution in [0.25, 0.3) is 16.9 Å². The molecule has 3 aromatic rings. The zero-order valence-electron chi connectivity index (χ0n) is 11.0. The maximum absolute atomic E-state index is 6.35. The minimum atomic E-state index is -0.0892. The number of alkyl halides is 1. The lowest BCUT2D eigenvalue weighted by Crippen LogP contribution is -1.94. The van der Waals surface area contributed by atoms with Crippen molar-refractivity contribution in [1.29, 1.82) is 0 Å². The number of benzene rings is 1. The maximum atomic E-state index is 6.35. The van der Waals surface area contributed by atoms with Gasteiger partial charge in [0.2, 0.25) is 0 Å². The largest absolute Gasteiger partial charge is 0.302 e. The van der Waals surface area contributed by atoms with Crippen LogP contribution in [-0.2, 0) is 0 Å². The van der Waals surface area contributed by atoms with Gasteiger partial charge in [-0.2, -0.15) is 0 Å². The molecule has 1 aromatic carbocycles. The van der Waals surface area contributed by atoms with E-state index in [4.69, 9.17) is 16.6 Å². The fourth-order valence-electron chi connectivity index (χ4n) is 2.32. The number of hydrogen-bond acceptors (Lipinski definition) is 1. The van der Waals surface area contributed by atoms with Crippen LogP contribution in [0.15, 0.2) is 48.7 Å². The van der Waals surface area contributed by atoms with E-state index in [1.807, 2.05) is 31.3 Å². The molecule has 1 atom stereocenters. The molecule has 3 rings (SSSR count). The molecule has 0 spiro atoms. The van der Waals surface area contributed by atoms with Crippen LogP contribution in [0.5, 0.6) is 0 Å². The summed E-state index contributed by atoms with van der Waals surface area (Å²) in [5, 5.41) is -0.0892. The standard InChI is InChI=1S/C16H15ClN2/c1-11-6-8-13(9-7-11)15-16(12(2)17)19-10-4-3-5-14(19)18-15/h3-10,12H,1-2H3. The molecular weight excluding hydrogens is 256 g/mol. The van der Waals surface area contributed by atoms with Crippen LogP contribution in [0, 0.1) is 6.92 Å². The van der Waals surface area contributed by atoms with Crippen LogP contribution in [0.4, 0.5) is 0 Å². The molecule has 0 radical (unpaired) electrons. The first-order valence-corrected chi connectivity index (χ1v) is 6.78. The highest BCUT2D eigenvalue weighted by atomic mass is 35.5. The van der Waals surface area contributed by atoms with Gasteiger partial charge in [0.15, 0.2) is 0 Å². The number of rotatable bonds is 2. The van der Waals surface area contributed by atoms with E-state index in [2.05, 4.69) is 35.6 Å². The van der Waals surface area contributed by atoms with E-state index in [-0.39, 0.29) is 5.38 Å². The zero-order chi connectivity index (χ0) is 13.4. The molecule has 0 saturated heterocycles. The molecule has 0 amide bonds. The Kier molecular flexibility index (Phi) is 3.03. The summed E-state index contributed by atoms with van der Waals surface area (Å²) < 4.78 is 2.06. The quantitative estimate of drug-likeness (QED) is 0.622. The molecule has 1 unspecified atom stereocenters. The number of aromatic nitrogens is 2. The van der Waals surface area contributed by atoms with E-state index in [1.54, 1.807) is 0 Å². The van der Waals surface area contributed by atoms with E-state index in [9.17, 15) is 0 Å². The Hall–Kier alpha value is -1.80. The third kappa shape index (κ3) is 2.13. The first-order valence-electron chi connectivity index (χ1n) is 6.35. The summed E-state index contributed by atoms with van der Waals surface area (Å²) in [4.78, 5) is 4.71. The van der Waals surface area contributed by atoms with Gasteiger partial charge >= 0.3 is 0 Å². The van der Waals surface area contributed by atoms with Crippen LogP contribution >= 0.6 is 11.6 Å². The number of fused-ring (bicyclic) bond motifs is 1. The van der Waals surface area contributed by atoms with Gasteiger partial charge in [0.25, 0.3) is 0 Å². The number of hydrogen-bond donors (Lipinski definition) is 0. The van der Waals surface area contributed by atoms with Crippen LogP contribution in [-0.4, -0.2) is 9.38 Å². The van der Waals surface area contributed by atoms with Crippen molar-refractivity contribution in [2.24, 2.45) is 0 Å². The highest BCUT2D eigenvalue weighted by molar-refractivity contribution is 6.20. The second kappa shape index (κ2) is 4.71. The summed E-state index contributed by atoms with van der Waals surface area (Å²) in [5.74, 6) is 0. The number of halogens is 1. The van der Waals surface area contributed by atoms with Gasteiger partial charge in [-0.05, 0) is 26.0 Å². The van der Waals surface area contributed by atoms with Gasteiger partial charge in [-0.1, -0.05) is 35.9 Å². The number of aryl methyl sites for hydroxylation is 1. The van der Waals surface area contributed by atoms with Gasteiger partial charge in [-0.25, -0.2) is 4.98 Å². The first kappa shape index (κ1) is 12.2. The van der Waals surface area contributed by atoms with Gasteiger partial charge in [0.05, 0.1) is 16.8 Å². The van der Waals surface area contributed by atoms with Crippen molar-refractivity contribution in [1.82, 2.24) is 9.38 Å². The van der Waals surface area contributed by atoms with Crippen LogP contribution in [0.3, 0.4) is 0 Å². The summed E-state index contributed by atoms with van der Waals surface area (Å²) in [6.07, 6.45) is 2.01. The van der Waals surface area contributed by atoms with Crippen LogP contribution in [0.2, 0.25) is 0 Å². The van der Waals surface area contributed by atoms with E-state index < -0.39 is 0 Å². The molecule has 2 nitrogen and oxygen atoms in total. The lowest BCUT2D eigenvalue weighted by molar-refractivity contribution is 0.965. The van der Waals surface area contributed by atoms with Gasteiger partial charge in [0.1, 0.15) is 5.65 Å². The Bertz CT molecular complexity index is 711. The molecule has 19 heavy (non-hydrogen) atoms. The van der Waals surface area contributed by atoms with Crippen molar-refractivity contribution in [2.45, 2.75) is 19.2 Å². The van der Waals surface area contributed by atoms with Crippen molar-refractivity contribution in [3.63, 3.8) is 0 Å².